The fourth-order valence-electron chi connectivity index (χ4n) is 3.06. The summed E-state index contributed by atoms with van der Waals surface area (Å²) in [6.07, 6.45) is 3.72. The number of aromatic carboxylic acids is 1. The van der Waals surface area contributed by atoms with E-state index in [1.165, 1.54) is 0 Å². The van der Waals surface area contributed by atoms with Gasteiger partial charge in [-0.1, -0.05) is 66.7 Å². The maximum atomic E-state index is 11.6. The minimum absolute atomic E-state index is 0.250. The van der Waals surface area contributed by atoms with Gasteiger partial charge in [0.15, 0.2) is 0 Å². The monoisotopic (exact) mass is 381 g/mol. The van der Waals surface area contributed by atoms with Gasteiger partial charge in [0.25, 0.3) is 0 Å². The van der Waals surface area contributed by atoms with Gasteiger partial charge in [0.1, 0.15) is 12.4 Å². The molecule has 0 spiro atoms. The standard InChI is InChI=1S/C25H19NO3/c27-25(28)23-16-20(26-24-9-5-4-8-22(23)24)13-10-18-11-14-21(15-12-18)29-17-19-6-2-1-3-7-19/h1-16H,17H2,(H,27,28). The van der Waals surface area contributed by atoms with Crippen LogP contribution >= 0.6 is 0 Å². The van der Waals surface area contributed by atoms with Gasteiger partial charge in [0, 0.05) is 5.39 Å². The number of hydrogen-bond donors (Lipinski definition) is 1. The SMILES string of the molecule is O=C(O)c1cc(C=Cc2ccc(OCc3ccccc3)cc2)nc2ccccc12. The van der Waals surface area contributed by atoms with Crippen molar-refractivity contribution in [2.24, 2.45) is 0 Å². The highest BCUT2D eigenvalue weighted by Gasteiger charge is 2.10. The van der Waals surface area contributed by atoms with Crippen molar-refractivity contribution in [2.75, 3.05) is 0 Å². The van der Waals surface area contributed by atoms with Crippen molar-refractivity contribution in [3.05, 3.63) is 107 Å². The second-order valence-electron chi connectivity index (χ2n) is 6.59. The van der Waals surface area contributed by atoms with E-state index in [2.05, 4.69) is 4.98 Å². The summed E-state index contributed by atoms with van der Waals surface area (Å²) in [5, 5.41) is 10.1. The number of carbonyl (C=O) groups is 1. The summed E-state index contributed by atoms with van der Waals surface area (Å²) in [5.74, 6) is -0.166. The minimum atomic E-state index is -0.960. The molecular weight excluding hydrogens is 362 g/mol. The van der Waals surface area contributed by atoms with Gasteiger partial charge in [-0.2, -0.15) is 0 Å². The summed E-state index contributed by atoms with van der Waals surface area (Å²) in [5.41, 5.74) is 3.61. The molecule has 4 rings (SSSR count). The van der Waals surface area contributed by atoms with E-state index in [0.717, 1.165) is 16.9 Å². The summed E-state index contributed by atoms with van der Waals surface area (Å²) in [6.45, 7) is 0.523. The maximum Gasteiger partial charge on any atom is 0.336 e. The van der Waals surface area contributed by atoms with Crippen molar-refractivity contribution >= 4 is 29.0 Å². The van der Waals surface area contributed by atoms with E-state index in [0.29, 0.717) is 23.2 Å². The van der Waals surface area contributed by atoms with Crippen molar-refractivity contribution < 1.29 is 14.6 Å². The van der Waals surface area contributed by atoms with E-state index < -0.39 is 5.97 Å². The number of ether oxygens (including phenoxy) is 1. The first-order valence-electron chi connectivity index (χ1n) is 9.27. The van der Waals surface area contributed by atoms with Crippen molar-refractivity contribution in [3.8, 4) is 5.75 Å². The Morgan fingerprint density at radius 3 is 2.38 bits per heavy atom. The second kappa shape index (κ2) is 8.40. The Morgan fingerprint density at radius 2 is 1.62 bits per heavy atom. The summed E-state index contributed by atoms with van der Waals surface area (Å²) in [7, 11) is 0. The number of hydrogen-bond acceptors (Lipinski definition) is 3. The molecule has 1 N–H and O–H groups in total. The number of carboxylic acids is 1. The Labute approximate surface area is 168 Å². The van der Waals surface area contributed by atoms with Crippen molar-refractivity contribution in [1.82, 2.24) is 4.98 Å². The summed E-state index contributed by atoms with van der Waals surface area (Å²) >= 11 is 0. The van der Waals surface area contributed by atoms with Gasteiger partial charge >= 0.3 is 5.97 Å². The molecule has 0 saturated carbocycles. The van der Waals surface area contributed by atoms with Crippen LogP contribution in [0.1, 0.15) is 27.2 Å². The lowest BCUT2D eigenvalue weighted by molar-refractivity contribution is 0.0699. The average molecular weight is 381 g/mol. The molecular formula is C25H19NO3. The fourth-order valence-corrected chi connectivity index (χ4v) is 3.06. The zero-order valence-corrected chi connectivity index (χ0v) is 15.7. The van der Waals surface area contributed by atoms with Gasteiger partial charge in [0.05, 0.1) is 16.8 Å². The minimum Gasteiger partial charge on any atom is -0.489 e. The number of carboxylic acid groups (broad SMARTS) is 1. The van der Waals surface area contributed by atoms with Crippen LogP contribution in [0, 0.1) is 0 Å². The van der Waals surface area contributed by atoms with E-state index in [9.17, 15) is 9.90 Å². The molecule has 1 heterocycles. The summed E-state index contributed by atoms with van der Waals surface area (Å²) in [4.78, 5) is 16.1. The highest BCUT2D eigenvalue weighted by Crippen LogP contribution is 2.20. The third kappa shape index (κ3) is 4.50. The van der Waals surface area contributed by atoms with Crippen LogP contribution in [0.4, 0.5) is 0 Å². The molecule has 0 radical (unpaired) electrons. The lowest BCUT2D eigenvalue weighted by atomic mass is 10.1. The number of aromatic nitrogens is 1. The number of rotatable bonds is 6. The Morgan fingerprint density at radius 1 is 0.897 bits per heavy atom. The van der Waals surface area contributed by atoms with Gasteiger partial charge in [0.2, 0.25) is 0 Å². The number of benzene rings is 3. The Bertz CT molecular complexity index is 1170. The first kappa shape index (κ1) is 18.4. The molecule has 4 nitrogen and oxygen atoms in total. The maximum absolute atomic E-state index is 11.6. The van der Waals surface area contributed by atoms with E-state index in [-0.39, 0.29) is 5.56 Å². The molecule has 0 atom stereocenters. The van der Waals surface area contributed by atoms with Crippen molar-refractivity contribution in [1.29, 1.82) is 0 Å². The summed E-state index contributed by atoms with van der Waals surface area (Å²) < 4.78 is 5.80. The van der Waals surface area contributed by atoms with Crippen LogP contribution in [0.2, 0.25) is 0 Å². The van der Waals surface area contributed by atoms with Crippen LogP contribution in [-0.4, -0.2) is 16.1 Å². The molecule has 0 aliphatic rings. The average Bonchev–Trinajstić information content (AvgIpc) is 2.77. The number of fused-ring (bicyclic) bond motifs is 1. The van der Waals surface area contributed by atoms with Gasteiger partial charge < -0.3 is 9.84 Å². The molecule has 1 aromatic heterocycles. The zero-order valence-electron chi connectivity index (χ0n) is 15.7. The molecule has 29 heavy (non-hydrogen) atoms. The molecule has 0 unspecified atom stereocenters. The van der Waals surface area contributed by atoms with Crippen LogP contribution in [-0.2, 0) is 6.61 Å². The molecule has 0 fully saturated rings. The smallest absolute Gasteiger partial charge is 0.336 e. The lowest BCUT2D eigenvalue weighted by Crippen LogP contribution is -2.00. The van der Waals surface area contributed by atoms with Gasteiger partial charge in [-0.05, 0) is 41.5 Å². The second-order valence-corrected chi connectivity index (χ2v) is 6.59. The zero-order chi connectivity index (χ0) is 20.1. The predicted octanol–water partition coefficient (Wildman–Crippen LogP) is 5.68. The first-order chi connectivity index (χ1) is 14.2. The molecule has 142 valence electrons. The van der Waals surface area contributed by atoms with Gasteiger partial charge in [-0.3, -0.25) is 0 Å². The van der Waals surface area contributed by atoms with Crippen LogP contribution in [0.3, 0.4) is 0 Å². The first-order valence-corrected chi connectivity index (χ1v) is 9.27. The molecule has 0 amide bonds. The molecule has 0 aliphatic carbocycles. The van der Waals surface area contributed by atoms with Crippen LogP contribution in [0.15, 0.2) is 84.9 Å². The number of para-hydroxylation sites is 1. The van der Waals surface area contributed by atoms with E-state index >= 15 is 0 Å². The normalized spacial score (nSPS) is 11.0. The number of nitrogens with zero attached hydrogens (tertiary/aromatic N) is 1. The highest BCUT2D eigenvalue weighted by molar-refractivity contribution is 6.03. The molecule has 0 saturated heterocycles. The van der Waals surface area contributed by atoms with Crippen LogP contribution < -0.4 is 4.74 Å². The largest absolute Gasteiger partial charge is 0.489 e. The molecule has 3 aromatic carbocycles. The number of pyridine rings is 1. The Balaban J connectivity index is 1.49. The third-order valence-corrected chi connectivity index (χ3v) is 4.54. The Hall–Kier alpha value is -3.92. The Kier molecular flexibility index (Phi) is 5.34. The fraction of sp³-hybridized carbons (Fsp3) is 0.0400. The molecule has 0 bridgehead atoms. The third-order valence-electron chi connectivity index (χ3n) is 4.54. The van der Waals surface area contributed by atoms with Crippen LogP contribution in [0.25, 0.3) is 23.1 Å². The summed E-state index contributed by atoms with van der Waals surface area (Å²) in [6, 6.07) is 26.6. The molecule has 4 heteroatoms. The van der Waals surface area contributed by atoms with E-state index in [1.807, 2.05) is 84.9 Å². The van der Waals surface area contributed by atoms with Crippen LogP contribution in [0.5, 0.6) is 5.75 Å². The molecule has 0 aliphatic heterocycles. The topological polar surface area (TPSA) is 59.4 Å². The quantitative estimate of drug-likeness (QED) is 0.467. The molecule has 4 aromatic rings. The lowest BCUT2D eigenvalue weighted by Gasteiger charge is -2.06. The highest BCUT2D eigenvalue weighted by atomic mass is 16.5. The van der Waals surface area contributed by atoms with Gasteiger partial charge in [-0.25, -0.2) is 9.78 Å². The van der Waals surface area contributed by atoms with Crippen molar-refractivity contribution in [2.45, 2.75) is 6.61 Å². The van der Waals surface area contributed by atoms with Gasteiger partial charge in [-0.15, -0.1) is 0 Å². The predicted molar refractivity (Wildman–Crippen MR) is 115 cm³/mol. The van der Waals surface area contributed by atoms with E-state index in [4.69, 9.17) is 4.74 Å². The van der Waals surface area contributed by atoms with E-state index in [1.54, 1.807) is 12.1 Å². The van der Waals surface area contributed by atoms with Crippen molar-refractivity contribution in [3.63, 3.8) is 0 Å².